The normalized spacial score (nSPS) is 12.3. The van der Waals surface area contributed by atoms with Crippen molar-refractivity contribution in [3.05, 3.63) is 29.8 Å². The Bertz CT molecular complexity index is 467. The van der Waals surface area contributed by atoms with Gasteiger partial charge in [0.1, 0.15) is 6.04 Å². The van der Waals surface area contributed by atoms with E-state index in [4.69, 9.17) is 5.73 Å². The van der Waals surface area contributed by atoms with Gasteiger partial charge in [0.15, 0.2) is 0 Å². The minimum atomic E-state index is -0.700. The quantitative estimate of drug-likeness (QED) is 0.772. The van der Waals surface area contributed by atoms with Crippen molar-refractivity contribution in [1.29, 1.82) is 0 Å². The van der Waals surface area contributed by atoms with Crippen molar-refractivity contribution < 1.29 is 9.59 Å². The molecule has 0 aliphatic carbocycles. The fraction of sp³-hybridized carbons (Fsp3) is 0.467. The van der Waals surface area contributed by atoms with Crippen LogP contribution in [0.2, 0.25) is 0 Å². The fourth-order valence-electron chi connectivity index (χ4n) is 1.86. The van der Waals surface area contributed by atoms with Crippen LogP contribution in [0.5, 0.6) is 0 Å². The molecule has 5 nitrogen and oxygen atoms in total. The van der Waals surface area contributed by atoms with Gasteiger partial charge in [0.05, 0.1) is 0 Å². The summed E-state index contributed by atoms with van der Waals surface area (Å²) in [5, 5.41) is 5.24. The molecule has 0 aliphatic rings. The maximum Gasteiger partial charge on any atom is 0.312 e. The zero-order valence-electron chi connectivity index (χ0n) is 12.4. The number of carbonyl (C=O) groups is 2. The Morgan fingerprint density at radius 3 is 2.00 bits per heavy atom. The number of benzene rings is 1. The zero-order valence-corrected chi connectivity index (χ0v) is 12.4. The highest BCUT2D eigenvalue weighted by atomic mass is 16.2. The largest absolute Gasteiger partial charge is 0.352 e. The molecule has 0 unspecified atom stereocenters. The third-order valence-electron chi connectivity index (χ3n) is 3.09. The van der Waals surface area contributed by atoms with Crippen molar-refractivity contribution in [3.63, 3.8) is 0 Å². The number of hydrogen-bond donors (Lipinski definition) is 3. The van der Waals surface area contributed by atoms with Crippen molar-refractivity contribution in [3.8, 4) is 0 Å². The van der Waals surface area contributed by atoms with Gasteiger partial charge in [0, 0.05) is 5.69 Å². The Hall–Kier alpha value is -2.04. The van der Waals surface area contributed by atoms with Gasteiger partial charge in [-0.1, -0.05) is 39.8 Å². The molecule has 0 saturated heterocycles. The van der Waals surface area contributed by atoms with Gasteiger partial charge in [-0.25, -0.2) is 4.79 Å². The van der Waals surface area contributed by atoms with Gasteiger partial charge in [-0.05, 0) is 29.5 Å². The number of urea groups is 1. The molecular formula is C15H23N3O2. The third-order valence-corrected chi connectivity index (χ3v) is 3.09. The minimum Gasteiger partial charge on any atom is -0.352 e. The monoisotopic (exact) mass is 277 g/mol. The molecular weight excluding hydrogens is 254 g/mol. The van der Waals surface area contributed by atoms with Crippen LogP contribution in [0.3, 0.4) is 0 Å². The van der Waals surface area contributed by atoms with E-state index in [1.54, 1.807) is 0 Å². The Morgan fingerprint density at radius 2 is 1.60 bits per heavy atom. The molecule has 0 heterocycles. The van der Waals surface area contributed by atoms with Crippen LogP contribution in [0.15, 0.2) is 24.3 Å². The summed E-state index contributed by atoms with van der Waals surface area (Å²) >= 11 is 0. The predicted molar refractivity (Wildman–Crippen MR) is 80.5 cm³/mol. The van der Waals surface area contributed by atoms with Crippen molar-refractivity contribution in [2.75, 3.05) is 5.32 Å². The van der Waals surface area contributed by atoms with Crippen molar-refractivity contribution in [2.45, 2.75) is 39.7 Å². The van der Waals surface area contributed by atoms with Gasteiger partial charge < -0.3 is 16.4 Å². The van der Waals surface area contributed by atoms with E-state index in [0.29, 0.717) is 11.6 Å². The summed E-state index contributed by atoms with van der Waals surface area (Å²) < 4.78 is 0. The van der Waals surface area contributed by atoms with E-state index in [2.05, 4.69) is 24.5 Å². The van der Waals surface area contributed by atoms with Gasteiger partial charge in [-0.2, -0.15) is 0 Å². The van der Waals surface area contributed by atoms with Crippen molar-refractivity contribution in [2.24, 2.45) is 11.7 Å². The molecule has 0 aromatic heterocycles. The zero-order chi connectivity index (χ0) is 15.3. The number of nitrogens with two attached hydrogens (primary N) is 1. The Labute approximate surface area is 119 Å². The molecule has 1 aromatic carbocycles. The first-order valence-electron chi connectivity index (χ1n) is 6.78. The minimum absolute atomic E-state index is 0.0440. The lowest BCUT2D eigenvalue weighted by Gasteiger charge is -2.20. The number of anilines is 1. The van der Waals surface area contributed by atoms with Crippen LogP contribution in [-0.2, 0) is 4.79 Å². The predicted octanol–water partition coefficient (Wildman–Crippen LogP) is 2.44. The van der Waals surface area contributed by atoms with E-state index in [9.17, 15) is 9.59 Å². The first kappa shape index (κ1) is 16.0. The number of amides is 3. The molecule has 0 fully saturated rings. The van der Waals surface area contributed by atoms with E-state index >= 15 is 0 Å². The molecule has 1 rings (SSSR count). The second-order valence-electron chi connectivity index (χ2n) is 5.50. The molecule has 4 N–H and O–H groups in total. The molecule has 110 valence electrons. The van der Waals surface area contributed by atoms with Crippen molar-refractivity contribution >= 4 is 17.6 Å². The summed E-state index contributed by atoms with van der Waals surface area (Å²) in [6, 6.07) is 6.33. The van der Waals surface area contributed by atoms with Gasteiger partial charge in [0.25, 0.3) is 0 Å². The van der Waals surface area contributed by atoms with Crippen LogP contribution < -0.4 is 16.4 Å². The van der Waals surface area contributed by atoms with E-state index in [0.717, 1.165) is 0 Å². The lowest BCUT2D eigenvalue weighted by atomic mass is 10.0. The van der Waals surface area contributed by atoms with Gasteiger partial charge in [-0.15, -0.1) is 0 Å². The molecule has 5 heteroatoms. The Kier molecular flexibility index (Phi) is 5.55. The van der Waals surface area contributed by atoms with Crippen LogP contribution in [-0.4, -0.2) is 18.0 Å². The Morgan fingerprint density at radius 1 is 1.05 bits per heavy atom. The second-order valence-corrected chi connectivity index (χ2v) is 5.50. The Balaban J connectivity index is 2.75. The first-order chi connectivity index (χ1) is 9.31. The number of carbonyl (C=O) groups excluding carboxylic acids is 2. The van der Waals surface area contributed by atoms with E-state index in [1.165, 1.54) is 5.56 Å². The maximum absolute atomic E-state index is 12.1. The third kappa shape index (κ3) is 4.57. The van der Waals surface area contributed by atoms with E-state index in [-0.39, 0.29) is 11.8 Å². The molecule has 0 saturated carbocycles. The summed E-state index contributed by atoms with van der Waals surface area (Å²) in [6.45, 7) is 7.92. The fourth-order valence-corrected chi connectivity index (χ4v) is 1.86. The lowest BCUT2D eigenvalue weighted by molar-refractivity contribution is -0.118. The average Bonchev–Trinajstić information content (AvgIpc) is 2.35. The SMILES string of the molecule is CC(C)c1ccc(NC(=O)[C@@H](NC(N)=O)C(C)C)cc1. The summed E-state index contributed by atoms with van der Waals surface area (Å²) in [6.07, 6.45) is 0. The lowest BCUT2D eigenvalue weighted by Crippen LogP contribution is -2.49. The van der Waals surface area contributed by atoms with Crippen molar-refractivity contribution in [1.82, 2.24) is 5.32 Å². The van der Waals surface area contributed by atoms with Gasteiger partial charge in [-0.3, -0.25) is 4.79 Å². The van der Waals surface area contributed by atoms with Gasteiger partial charge in [0.2, 0.25) is 5.91 Å². The first-order valence-corrected chi connectivity index (χ1v) is 6.78. The topological polar surface area (TPSA) is 84.2 Å². The summed E-state index contributed by atoms with van der Waals surface area (Å²) in [5.41, 5.74) is 7.00. The molecule has 0 spiro atoms. The molecule has 0 bridgehead atoms. The summed E-state index contributed by atoms with van der Waals surface area (Å²) in [7, 11) is 0. The van der Waals surface area contributed by atoms with Gasteiger partial charge >= 0.3 is 6.03 Å². The van der Waals surface area contributed by atoms with Crippen LogP contribution >= 0.6 is 0 Å². The van der Waals surface area contributed by atoms with Crippen LogP contribution in [0, 0.1) is 5.92 Å². The number of hydrogen-bond acceptors (Lipinski definition) is 2. The summed E-state index contributed by atoms with van der Waals surface area (Å²) in [4.78, 5) is 23.0. The molecule has 0 radical (unpaired) electrons. The molecule has 1 atom stereocenters. The smallest absolute Gasteiger partial charge is 0.312 e. The van der Waals surface area contributed by atoms with Crippen LogP contribution in [0.1, 0.15) is 39.2 Å². The molecule has 1 aromatic rings. The standard InChI is InChI=1S/C15H23N3O2/c1-9(2)11-5-7-12(8-6-11)17-14(19)13(10(3)4)18-15(16)20/h5-10,13H,1-4H3,(H,17,19)(H3,16,18,20)/t13-/m0/s1. The van der Waals surface area contributed by atoms with Crippen LogP contribution in [0.25, 0.3) is 0 Å². The average molecular weight is 277 g/mol. The van der Waals surface area contributed by atoms with Crippen LogP contribution in [0.4, 0.5) is 10.5 Å². The highest BCUT2D eigenvalue weighted by Crippen LogP contribution is 2.17. The highest BCUT2D eigenvalue weighted by Gasteiger charge is 2.23. The summed E-state index contributed by atoms with van der Waals surface area (Å²) in [5.74, 6) is 0.133. The number of primary amides is 1. The van der Waals surface area contributed by atoms with E-state index < -0.39 is 12.1 Å². The maximum atomic E-state index is 12.1. The second kappa shape index (κ2) is 6.93. The molecule has 20 heavy (non-hydrogen) atoms. The number of rotatable bonds is 5. The molecule has 3 amide bonds. The highest BCUT2D eigenvalue weighted by molar-refractivity contribution is 5.97. The number of nitrogens with one attached hydrogen (secondary N) is 2. The molecule has 0 aliphatic heterocycles. The van der Waals surface area contributed by atoms with E-state index in [1.807, 2.05) is 38.1 Å².